The Morgan fingerprint density at radius 3 is 2.76 bits per heavy atom. The second kappa shape index (κ2) is 6.18. The van der Waals surface area contributed by atoms with Gasteiger partial charge in [-0.2, -0.15) is 0 Å². The lowest BCUT2D eigenvalue weighted by Gasteiger charge is -2.23. The fourth-order valence-corrected chi connectivity index (χ4v) is 3.15. The summed E-state index contributed by atoms with van der Waals surface area (Å²) in [7, 11) is 0. The molecule has 1 aromatic rings. The standard InChI is InChI=1S/C16H25N/c1-13(16-10-11-17-12-14(16)2)8-9-15-6-4-3-5-7-15/h10-13,15H,3-9H2,1-2H3. The lowest BCUT2D eigenvalue weighted by molar-refractivity contribution is 0.325. The van der Waals surface area contributed by atoms with Crippen molar-refractivity contribution in [3.05, 3.63) is 29.6 Å². The molecule has 1 fully saturated rings. The zero-order chi connectivity index (χ0) is 12.1. The average Bonchev–Trinajstić information content (AvgIpc) is 2.38. The second-order valence-electron chi connectivity index (χ2n) is 5.71. The number of hydrogen-bond donors (Lipinski definition) is 0. The first-order chi connectivity index (χ1) is 8.27. The van der Waals surface area contributed by atoms with Crippen LogP contribution in [0.1, 0.15) is 68.9 Å². The van der Waals surface area contributed by atoms with Crippen LogP contribution < -0.4 is 0 Å². The molecular weight excluding hydrogens is 206 g/mol. The highest BCUT2D eigenvalue weighted by Gasteiger charge is 2.15. The summed E-state index contributed by atoms with van der Waals surface area (Å²) in [6, 6.07) is 2.20. The van der Waals surface area contributed by atoms with Crippen LogP contribution in [0.4, 0.5) is 0 Å². The summed E-state index contributed by atoms with van der Waals surface area (Å²) in [5, 5.41) is 0. The Kier molecular flexibility index (Phi) is 4.58. The largest absolute Gasteiger partial charge is 0.264 e. The van der Waals surface area contributed by atoms with Gasteiger partial charge >= 0.3 is 0 Å². The van der Waals surface area contributed by atoms with Gasteiger partial charge in [0.15, 0.2) is 0 Å². The maximum atomic E-state index is 4.18. The second-order valence-corrected chi connectivity index (χ2v) is 5.71. The number of nitrogens with zero attached hydrogens (tertiary/aromatic N) is 1. The Labute approximate surface area is 106 Å². The molecule has 0 bridgehead atoms. The maximum Gasteiger partial charge on any atom is 0.0299 e. The van der Waals surface area contributed by atoms with Crippen LogP contribution in [-0.2, 0) is 0 Å². The molecule has 1 heterocycles. The molecule has 94 valence electrons. The molecule has 1 atom stereocenters. The Balaban J connectivity index is 1.84. The van der Waals surface area contributed by atoms with Crippen molar-refractivity contribution in [2.75, 3.05) is 0 Å². The Morgan fingerprint density at radius 1 is 1.29 bits per heavy atom. The van der Waals surface area contributed by atoms with Crippen molar-refractivity contribution < 1.29 is 0 Å². The van der Waals surface area contributed by atoms with Crippen molar-refractivity contribution in [1.82, 2.24) is 4.98 Å². The number of aryl methyl sites for hydroxylation is 1. The molecular formula is C16H25N. The smallest absolute Gasteiger partial charge is 0.0299 e. The molecule has 17 heavy (non-hydrogen) atoms. The predicted octanol–water partition coefficient (Wildman–Crippen LogP) is 4.85. The van der Waals surface area contributed by atoms with Crippen molar-refractivity contribution in [2.24, 2.45) is 5.92 Å². The van der Waals surface area contributed by atoms with E-state index in [-0.39, 0.29) is 0 Å². The van der Waals surface area contributed by atoms with Gasteiger partial charge in [0.2, 0.25) is 0 Å². The van der Waals surface area contributed by atoms with E-state index >= 15 is 0 Å². The zero-order valence-electron chi connectivity index (χ0n) is 11.3. The molecule has 0 aliphatic heterocycles. The third-order valence-corrected chi connectivity index (χ3v) is 4.33. The van der Waals surface area contributed by atoms with E-state index in [1.54, 1.807) is 0 Å². The third kappa shape index (κ3) is 3.55. The minimum absolute atomic E-state index is 0.694. The highest BCUT2D eigenvalue weighted by molar-refractivity contribution is 5.25. The fourth-order valence-electron chi connectivity index (χ4n) is 3.15. The van der Waals surface area contributed by atoms with E-state index in [1.165, 1.54) is 56.1 Å². The first-order valence-corrected chi connectivity index (χ1v) is 7.18. The molecule has 1 heteroatoms. The number of pyridine rings is 1. The van der Waals surface area contributed by atoms with E-state index in [4.69, 9.17) is 0 Å². The van der Waals surface area contributed by atoms with Gasteiger partial charge in [-0.1, -0.05) is 39.0 Å². The third-order valence-electron chi connectivity index (χ3n) is 4.33. The van der Waals surface area contributed by atoms with Gasteiger partial charge < -0.3 is 0 Å². The Bertz CT molecular complexity index is 339. The summed E-state index contributed by atoms with van der Waals surface area (Å²) < 4.78 is 0. The topological polar surface area (TPSA) is 12.9 Å². The molecule has 0 aromatic carbocycles. The fraction of sp³-hybridized carbons (Fsp3) is 0.688. The van der Waals surface area contributed by atoms with Gasteiger partial charge in [-0.3, -0.25) is 4.98 Å². The lowest BCUT2D eigenvalue weighted by Crippen LogP contribution is -2.08. The summed E-state index contributed by atoms with van der Waals surface area (Å²) in [4.78, 5) is 4.18. The van der Waals surface area contributed by atoms with Crippen molar-refractivity contribution in [2.45, 2.75) is 64.7 Å². The van der Waals surface area contributed by atoms with Gasteiger partial charge in [0, 0.05) is 12.4 Å². The van der Waals surface area contributed by atoms with Crippen LogP contribution in [0.25, 0.3) is 0 Å². The summed E-state index contributed by atoms with van der Waals surface area (Å²) >= 11 is 0. The maximum absolute atomic E-state index is 4.18. The minimum Gasteiger partial charge on any atom is -0.264 e. The summed E-state index contributed by atoms with van der Waals surface area (Å²) in [5.41, 5.74) is 2.85. The number of rotatable bonds is 4. The summed E-state index contributed by atoms with van der Waals surface area (Å²) in [5.74, 6) is 1.70. The van der Waals surface area contributed by atoms with Crippen molar-refractivity contribution in [3.63, 3.8) is 0 Å². The van der Waals surface area contributed by atoms with Crippen molar-refractivity contribution in [1.29, 1.82) is 0 Å². The Hall–Kier alpha value is -0.850. The molecule has 0 N–H and O–H groups in total. The van der Waals surface area contributed by atoms with E-state index < -0.39 is 0 Å². The molecule has 0 amide bonds. The Morgan fingerprint density at radius 2 is 2.06 bits per heavy atom. The monoisotopic (exact) mass is 231 g/mol. The molecule has 1 saturated carbocycles. The predicted molar refractivity (Wildman–Crippen MR) is 73.2 cm³/mol. The van der Waals surface area contributed by atoms with Gasteiger partial charge in [-0.05, 0) is 48.8 Å². The van der Waals surface area contributed by atoms with E-state index in [9.17, 15) is 0 Å². The highest BCUT2D eigenvalue weighted by atomic mass is 14.6. The first kappa shape index (κ1) is 12.6. The molecule has 1 nitrogen and oxygen atoms in total. The molecule has 0 saturated heterocycles. The lowest BCUT2D eigenvalue weighted by atomic mass is 9.83. The molecule has 1 aliphatic rings. The molecule has 0 spiro atoms. The van der Waals surface area contributed by atoms with Crippen LogP contribution in [0.3, 0.4) is 0 Å². The number of hydrogen-bond acceptors (Lipinski definition) is 1. The van der Waals surface area contributed by atoms with Crippen LogP contribution in [0.2, 0.25) is 0 Å². The van der Waals surface area contributed by atoms with E-state index in [1.807, 2.05) is 12.4 Å². The summed E-state index contributed by atoms with van der Waals surface area (Å²) in [6.07, 6.45) is 14.0. The van der Waals surface area contributed by atoms with Crippen LogP contribution in [-0.4, -0.2) is 4.98 Å². The molecule has 1 aliphatic carbocycles. The van der Waals surface area contributed by atoms with Gasteiger partial charge in [0.1, 0.15) is 0 Å². The van der Waals surface area contributed by atoms with E-state index in [2.05, 4.69) is 24.9 Å². The quantitative estimate of drug-likeness (QED) is 0.721. The SMILES string of the molecule is Cc1cnccc1C(C)CCC1CCCCC1. The van der Waals surface area contributed by atoms with Crippen LogP contribution >= 0.6 is 0 Å². The normalized spacial score (nSPS) is 19.2. The minimum atomic E-state index is 0.694. The molecule has 1 aromatic heterocycles. The first-order valence-electron chi connectivity index (χ1n) is 7.18. The van der Waals surface area contributed by atoms with Crippen LogP contribution in [0.5, 0.6) is 0 Å². The van der Waals surface area contributed by atoms with E-state index in [0.29, 0.717) is 5.92 Å². The van der Waals surface area contributed by atoms with Crippen LogP contribution in [0.15, 0.2) is 18.5 Å². The van der Waals surface area contributed by atoms with Gasteiger partial charge in [0.25, 0.3) is 0 Å². The molecule has 2 rings (SSSR count). The van der Waals surface area contributed by atoms with Gasteiger partial charge in [-0.25, -0.2) is 0 Å². The molecule has 0 radical (unpaired) electrons. The van der Waals surface area contributed by atoms with Gasteiger partial charge in [-0.15, -0.1) is 0 Å². The number of aromatic nitrogens is 1. The molecule has 1 unspecified atom stereocenters. The van der Waals surface area contributed by atoms with E-state index in [0.717, 1.165) is 5.92 Å². The highest BCUT2D eigenvalue weighted by Crippen LogP contribution is 2.31. The zero-order valence-corrected chi connectivity index (χ0v) is 11.3. The van der Waals surface area contributed by atoms with Gasteiger partial charge in [0.05, 0.1) is 0 Å². The van der Waals surface area contributed by atoms with Crippen molar-refractivity contribution >= 4 is 0 Å². The van der Waals surface area contributed by atoms with Crippen molar-refractivity contribution in [3.8, 4) is 0 Å². The average molecular weight is 231 g/mol. The van der Waals surface area contributed by atoms with Crippen LogP contribution in [0, 0.1) is 12.8 Å². The summed E-state index contributed by atoms with van der Waals surface area (Å²) in [6.45, 7) is 4.55.